The van der Waals surface area contributed by atoms with Crippen molar-refractivity contribution >= 4 is 39.1 Å². The quantitative estimate of drug-likeness (QED) is 0.698. The number of para-hydroxylation sites is 1. The molecular formula is C16H10BrClN2O2. The topological polar surface area (TPSA) is 55.1 Å². The van der Waals surface area contributed by atoms with Gasteiger partial charge in [-0.15, -0.1) is 0 Å². The van der Waals surface area contributed by atoms with E-state index in [9.17, 15) is 4.79 Å². The number of nitrogens with one attached hydrogen (secondary N) is 1. The van der Waals surface area contributed by atoms with Crippen molar-refractivity contribution in [3.05, 3.63) is 70.1 Å². The van der Waals surface area contributed by atoms with Crippen LogP contribution in [0.4, 0.5) is 5.69 Å². The number of hydrogen-bond acceptors (Lipinski definition) is 3. The molecule has 4 nitrogen and oxygen atoms in total. The first kappa shape index (κ1) is 14.8. The number of anilines is 1. The molecule has 0 spiro atoms. The highest BCUT2D eigenvalue weighted by molar-refractivity contribution is 9.10. The molecule has 6 heteroatoms. The summed E-state index contributed by atoms with van der Waals surface area (Å²) in [6, 6.07) is 14.4. The normalized spacial score (nSPS) is 10.5. The summed E-state index contributed by atoms with van der Waals surface area (Å²) in [6.45, 7) is 0. The molecule has 3 rings (SSSR count). The zero-order valence-corrected chi connectivity index (χ0v) is 13.6. The van der Waals surface area contributed by atoms with E-state index in [-0.39, 0.29) is 5.89 Å². The molecule has 0 saturated heterocycles. The first-order chi connectivity index (χ1) is 10.6. The molecule has 22 heavy (non-hydrogen) atoms. The molecule has 0 aliphatic heterocycles. The third-order valence-corrected chi connectivity index (χ3v) is 3.89. The van der Waals surface area contributed by atoms with Crippen molar-refractivity contribution in [2.75, 3.05) is 5.32 Å². The van der Waals surface area contributed by atoms with Gasteiger partial charge in [0.15, 0.2) is 5.76 Å². The van der Waals surface area contributed by atoms with Crippen LogP contribution in [0.5, 0.6) is 0 Å². The van der Waals surface area contributed by atoms with Gasteiger partial charge in [-0.1, -0.05) is 23.7 Å². The van der Waals surface area contributed by atoms with E-state index in [0.717, 1.165) is 10.0 Å². The van der Waals surface area contributed by atoms with Gasteiger partial charge in [-0.05, 0) is 52.3 Å². The SMILES string of the molecule is O=C(Nc1ccccc1Br)c1ncc(-c2ccc(Cl)cc2)o1. The van der Waals surface area contributed by atoms with E-state index in [1.54, 1.807) is 30.3 Å². The molecule has 2 aromatic carbocycles. The van der Waals surface area contributed by atoms with Crippen molar-refractivity contribution in [2.24, 2.45) is 0 Å². The zero-order valence-electron chi connectivity index (χ0n) is 11.2. The molecule has 3 aromatic rings. The monoisotopic (exact) mass is 376 g/mol. The first-order valence-corrected chi connectivity index (χ1v) is 7.58. The Hall–Kier alpha value is -2.11. The van der Waals surface area contributed by atoms with Crippen molar-refractivity contribution < 1.29 is 9.21 Å². The average Bonchev–Trinajstić information content (AvgIpc) is 3.00. The van der Waals surface area contributed by atoms with Crippen LogP contribution in [-0.4, -0.2) is 10.9 Å². The fourth-order valence-electron chi connectivity index (χ4n) is 1.87. The lowest BCUT2D eigenvalue weighted by atomic mass is 10.2. The van der Waals surface area contributed by atoms with E-state index in [2.05, 4.69) is 26.2 Å². The van der Waals surface area contributed by atoms with Gasteiger partial charge in [0.05, 0.1) is 11.9 Å². The number of carbonyl (C=O) groups is 1. The number of halogens is 2. The maximum Gasteiger partial charge on any atom is 0.311 e. The molecule has 0 unspecified atom stereocenters. The minimum atomic E-state index is -0.410. The number of carbonyl (C=O) groups excluding carboxylic acids is 1. The fraction of sp³-hybridized carbons (Fsp3) is 0. The molecule has 0 atom stereocenters. The number of amides is 1. The summed E-state index contributed by atoms with van der Waals surface area (Å²) in [7, 11) is 0. The molecule has 0 fully saturated rings. The third kappa shape index (κ3) is 3.21. The summed E-state index contributed by atoms with van der Waals surface area (Å²) in [5, 5.41) is 3.37. The van der Waals surface area contributed by atoms with Gasteiger partial charge in [0.2, 0.25) is 0 Å². The molecule has 1 N–H and O–H groups in total. The van der Waals surface area contributed by atoms with Crippen LogP contribution >= 0.6 is 27.5 Å². The Morgan fingerprint density at radius 3 is 2.59 bits per heavy atom. The molecule has 1 aromatic heterocycles. The van der Waals surface area contributed by atoms with Gasteiger partial charge in [-0.25, -0.2) is 4.98 Å². The number of hydrogen-bond donors (Lipinski definition) is 1. The first-order valence-electron chi connectivity index (χ1n) is 6.41. The Labute approximate surface area is 140 Å². The highest BCUT2D eigenvalue weighted by Gasteiger charge is 2.15. The lowest BCUT2D eigenvalue weighted by Crippen LogP contribution is -2.12. The number of rotatable bonds is 3. The molecule has 0 saturated carbocycles. The van der Waals surface area contributed by atoms with Crippen LogP contribution in [0, 0.1) is 0 Å². The summed E-state index contributed by atoms with van der Waals surface area (Å²) in [4.78, 5) is 16.2. The van der Waals surface area contributed by atoms with E-state index in [0.29, 0.717) is 16.5 Å². The summed E-state index contributed by atoms with van der Waals surface area (Å²) in [5.41, 5.74) is 1.45. The minimum Gasteiger partial charge on any atom is -0.432 e. The van der Waals surface area contributed by atoms with Crippen molar-refractivity contribution in [1.82, 2.24) is 4.98 Å². The van der Waals surface area contributed by atoms with E-state index in [1.807, 2.05) is 18.2 Å². The van der Waals surface area contributed by atoms with Crippen molar-refractivity contribution in [3.8, 4) is 11.3 Å². The van der Waals surface area contributed by atoms with Gasteiger partial charge in [-0.2, -0.15) is 0 Å². The van der Waals surface area contributed by atoms with Gasteiger partial charge in [0.1, 0.15) is 0 Å². The number of nitrogens with zero attached hydrogens (tertiary/aromatic N) is 1. The second-order valence-corrected chi connectivity index (χ2v) is 5.76. The van der Waals surface area contributed by atoms with Crippen LogP contribution in [0.25, 0.3) is 11.3 Å². The van der Waals surface area contributed by atoms with Crippen LogP contribution in [0.15, 0.2) is 63.6 Å². The number of oxazole rings is 1. The van der Waals surface area contributed by atoms with E-state index >= 15 is 0 Å². The Bertz CT molecular complexity index is 815. The molecule has 110 valence electrons. The Morgan fingerprint density at radius 1 is 1.14 bits per heavy atom. The van der Waals surface area contributed by atoms with Gasteiger partial charge in [0, 0.05) is 15.1 Å². The van der Waals surface area contributed by atoms with E-state index < -0.39 is 5.91 Å². The molecule has 1 amide bonds. The number of benzene rings is 2. The smallest absolute Gasteiger partial charge is 0.311 e. The third-order valence-electron chi connectivity index (χ3n) is 2.95. The predicted octanol–water partition coefficient (Wildman–Crippen LogP) is 5.01. The molecule has 0 radical (unpaired) electrons. The van der Waals surface area contributed by atoms with Gasteiger partial charge in [0.25, 0.3) is 5.89 Å². The maximum absolute atomic E-state index is 12.2. The van der Waals surface area contributed by atoms with Crippen LogP contribution in [0.2, 0.25) is 5.02 Å². The van der Waals surface area contributed by atoms with E-state index in [4.69, 9.17) is 16.0 Å². The second kappa shape index (κ2) is 6.34. The zero-order chi connectivity index (χ0) is 15.5. The molecule has 0 bridgehead atoms. The number of aromatic nitrogens is 1. The Balaban J connectivity index is 1.80. The minimum absolute atomic E-state index is 0.000651. The largest absolute Gasteiger partial charge is 0.432 e. The standard InChI is InChI=1S/C16H10BrClN2O2/c17-12-3-1-2-4-13(12)20-15(21)16-19-9-14(22-16)10-5-7-11(18)8-6-10/h1-9H,(H,20,21). The molecule has 1 heterocycles. The van der Waals surface area contributed by atoms with Crippen LogP contribution in [0.3, 0.4) is 0 Å². The Morgan fingerprint density at radius 2 is 1.86 bits per heavy atom. The second-order valence-electron chi connectivity index (χ2n) is 4.47. The van der Waals surface area contributed by atoms with Gasteiger partial charge < -0.3 is 9.73 Å². The van der Waals surface area contributed by atoms with Crippen LogP contribution in [-0.2, 0) is 0 Å². The molecule has 0 aliphatic rings. The van der Waals surface area contributed by atoms with Gasteiger partial charge >= 0.3 is 5.91 Å². The summed E-state index contributed by atoms with van der Waals surface area (Å²) < 4.78 is 6.29. The highest BCUT2D eigenvalue weighted by Crippen LogP contribution is 2.24. The van der Waals surface area contributed by atoms with Crippen molar-refractivity contribution in [2.45, 2.75) is 0 Å². The average molecular weight is 378 g/mol. The van der Waals surface area contributed by atoms with Gasteiger partial charge in [-0.3, -0.25) is 4.79 Å². The fourth-order valence-corrected chi connectivity index (χ4v) is 2.37. The molecule has 0 aliphatic carbocycles. The van der Waals surface area contributed by atoms with Crippen LogP contribution < -0.4 is 5.32 Å². The lowest BCUT2D eigenvalue weighted by molar-refractivity contribution is 0.0991. The maximum atomic E-state index is 12.2. The van der Waals surface area contributed by atoms with Crippen LogP contribution in [0.1, 0.15) is 10.7 Å². The van der Waals surface area contributed by atoms with Crippen molar-refractivity contribution in [1.29, 1.82) is 0 Å². The predicted molar refractivity (Wildman–Crippen MR) is 89.0 cm³/mol. The van der Waals surface area contributed by atoms with Crippen molar-refractivity contribution in [3.63, 3.8) is 0 Å². The lowest BCUT2D eigenvalue weighted by Gasteiger charge is -2.04. The Kier molecular flexibility index (Phi) is 4.27. The summed E-state index contributed by atoms with van der Waals surface area (Å²) in [5.74, 6) is 0.0989. The highest BCUT2D eigenvalue weighted by atomic mass is 79.9. The van der Waals surface area contributed by atoms with E-state index in [1.165, 1.54) is 6.20 Å². The summed E-state index contributed by atoms with van der Waals surface area (Å²) >= 11 is 9.21. The summed E-state index contributed by atoms with van der Waals surface area (Å²) in [6.07, 6.45) is 1.51. The molecular weight excluding hydrogens is 368 g/mol.